The summed E-state index contributed by atoms with van der Waals surface area (Å²) in [6.07, 6.45) is 0. The standard InChI is InChI=1S/C34H46P2/c1-23-13-17-27(18-14-23)36(28-19-15-24(2)16-20-28)25(3)35-31-29(33(7,8)9)21-26(32(4,5)6)22-30(31)34(10,11)12/h13-22H,1-12H3. The summed E-state index contributed by atoms with van der Waals surface area (Å²) in [5.74, 6) is 0. The van der Waals surface area contributed by atoms with Gasteiger partial charge in [-0.05, 0) is 77.3 Å². The maximum atomic E-state index is 2.50. The van der Waals surface area contributed by atoms with E-state index in [9.17, 15) is 0 Å². The van der Waals surface area contributed by atoms with Crippen LogP contribution < -0.4 is 15.9 Å². The highest BCUT2D eigenvalue weighted by Crippen LogP contribution is 2.41. The van der Waals surface area contributed by atoms with Gasteiger partial charge in [0.05, 0.1) is 0 Å². The maximum Gasteiger partial charge on any atom is 0.00958 e. The SMILES string of the molecule is CC(=Pc1c(C(C)(C)C)cc(C(C)(C)C)cc1C(C)(C)C)P(c1ccc(C)cc1)c1ccc(C)cc1. The van der Waals surface area contributed by atoms with Gasteiger partial charge in [0.15, 0.2) is 0 Å². The first-order valence-corrected chi connectivity index (χ1v) is 15.4. The fourth-order valence-electron chi connectivity index (χ4n) is 4.45. The van der Waals surface area contributed by atoms with E-state index < -0.39 is 7.92 Å². The highest BCUT2D eigenvalue weighted by molar-refractivity contribution is 7.95. The Kier molecular flexibility index (Phi) is 8.45. The Morgan fingerprint density at radius 2 is 0.944 bits per heavy atom. The van der Waals surface area contributed by atoms with Gasteiger partial charge < -0.3 is 0 Å². The second kappa shape index (κ2) is 10.6. The summed E-state index contributed by atoms with van der Waals surface area (Å²) < 4.78 is 0. The molecule has 3 rings (SSSR count). The van der Waals surface area contributed by atoms with Crippen molar-refractivity contribution in [3.63, 3.8) is 0 Å². The fraction of sp³-hybridized carbons (Fsp3) is 0.441. The molecule has 0 bridgehead atoms. The van der Waals surface area contributed by atoms with E-state index in [1.165, 1.54) is 57.0 Å². The van der Waals surface area contributed by atoms with E-state index >= 15 is 0 Å². The van der Waals surface area contributed by atoms with Crippen LogP contribution in [0.2, 0.25) is 0 Å². The van der Waals surface area contributed by atoms with Crippen LogP contribution in [0.3, 0.4) is 0 Å². The Morgan fingerprint density at radius 1 is 0.583 bits per heavy atom. The lowest BCUT2D eigenvalue weighted by atomic mass is 9.75. The number of aryl methyl sites for hydroxylation is 2. The first kappa shape index (κ1) is 28.8. The van der Waals surface area contributed by atoms with Crippen LogP contribution in [0.25, 0.3) is 0 Å². The molecule has 0 aromatic heterocycles. The maximum absolute atomic E-state index is 2.50. The van der Waals surface area contributed by atoms with Gasteiger partial charge in [0, 0.05) is 5.30 Å². The second-order valence-electron chi connectivity index (χ2n) is 13.3. The van der Waals surface area contributed by atoms with E-state index in [2.05, 4.69) is 144 Å². The van der Waals surface area contributed by atoms with Gasteiger partial charge in [0.25, 0.3) is 0 Å². The molecule has 0 saturated heterocycles. The van der Waals surface area contributed by atoms with E-state index in [0.717, 1.165) is 0 Å². The molecule has 3 aromatic rings. The van der Waals surface area contributed by atoms with Crippen molar-refractivity contribution in [2.45, 2.75) is 99.3 Å². The zero-order valence-corrected chi connectivity index (χ0v) is 26.5. The molecule has 0 fully saturated rings. The van der Waals surface area contributed by atoms with E-state index in [1.807, 2.05) is 0 Å². The third-order valence-corrected chi connectivity index (χ3v) is 11.0. The monoisotopic (exact) mass is 516 g/mol. The molecule has 0 radical (unpaired) electrons. The van der Waals surface area contributed by atoms with E-state index in [-0.39, 0.29) is 16.2 Å². The summed E-state index contributed by atoms with van der Waals surface area (Å²) in [6.45, 7) is 28.0. The molecule has 0 nitrogen and oxygen atoms in total. The van der Waals surface area contributed by atoms with Gasteiger partial charge in [-0.2, -0.15) is 0 Å². The fourth-order valence-corrected chi connectivity index (χ4v) is 9.15. The van der Waals surface area contributed by atoms with Crippen molar-refractivity contribution in [1.29, 1.82) is 0 Å². The first-order valence-electron chi connectivity index (χ1n) is 13.2. The quantitative estimate of drug-likeness (QED) is 0.304. The van der Waals surface area contributed by atoms with Crippen LogP contribution >= 0.6 is 16.1 Å². The van der Waals surface area contributed by atoms with Crippen molar-refractivity contribution >= 4 is 37.1 Å². The molecule has 0 heterocycles. The molecule has 0 amide bonds. The van der Waals surface area contributed by atoms with Crippen molar-refractivity contribution in [3.05, 3.63) is 88.5 Å². The van der Waals surface area contributed by atoms with Gasteiger partial charge >= 0.3 is 0 Å². The van der Waals surface area contributed by atoms with E-state index in [0.29, 0.717) is 0 Å². The molecule has 0 unspecified atom stereocenters. The lowest BCUT2D eigenvalue weighted by molar-refractivity contribution is 0.554. The van der Waals surface area contributed by atoms with Crippen LogP contribution in [0.5, 0.6) is 0 Å². The van der Waals surface area contributed by atoms with Crippen LogP contribution in [0.1, 0.15) is 97.1 Å². The van der Waals surface area contributed by atoms with Crippen LogP contribution in [-0.2, 0) is 16.2 Å². The van der Waals surface area contributed by atoms with Crippen molar-refractivity contribution in [1.82, 2.24) is 0 Å². The second-order valence-corrected chi connectivity index (χ2v) is 17.4. The van der Waals surface area contributed by atoms with Crippen molar-refractivity contribution < 1.29 is 0 Å². The number of rotatable bonds is 4. The Labute approximate surface area is 224 Å². The highest BCUT2D eigenvalue weighted by Gasteiger charge is 2.29. The minimum atomic E-state index is -0.583. The highest BCUT2D eigenvalue weighted by atomic mass is 31.1. The number of benzene rings is 3. The molecule has 0 atom stereocenters. The largest absolute Gasteiger partial charge is 0.0634 e. The van der Waals surface area contributed by atoms with Crippen LogP contribution in [0.15, 0.2) is 60.7 Å². The average molecular weight is 517 g/mol. The van der Waals surface area contributed by atoms with Gasteiger partial charge in [-0.3, -0.25) is 0 Å². The summed E-state index contributed by atoms with van der Waals surface area (Å²) in [4.78, 5) is 0. The molecule has 36 heavy (non-hydrogen) atoms. The van der Waals surface area contributed by atoms with Crippen LogP contribution in [0, 0.1) is 13.8 Å². The average Bonchev–Trinajstić information content (AvgIpc) is 2.74. The molecule has 192 valence electrons. The molecule has 0 aliphatic rings. The van der Waals surface area contributed by atoms with Crippen LogP contribution in [0.4, 0.5) is 0 Å². The molecule has 2 heteroatoms. The third kappa shape index (κ3) is 6.77. The Balaban J connectivity index is 2.34. The number of hydrogen-bond donors (Lipinski definition) is 0. The van der Waals surface area contributed by atoms with Gasteiger partial charge in [0.1, 0.15) is 0 Å². The third-order valence-electron chi connectivity index (χ3n) is 6.77. The smallest absolute Gasteiger partial charge is 0.00958 e. The molecule has 0 aliphatic carbocycles. The van der Waals surface area contributed by atoms with Crippen molar-refractivity contribution in [2.75, 3.05) is 0 Å². The van der Waals surface area contributed by atoms with Gasteiger partial charge in [-0.15, -0.1) is 0 Å². The Hall–Kier alpha value is -1.74. The van der Waals surface area contributed by atoms with Gasteiger partial charge in [-0.25, -0.2) is 0 Å². The Bertz CT molecular complexity index is 1140. The molecular weight excluding hydrogens is 470 g/mol. The minimum absolute atomic E-state index is 0.0698. The molecule has 3 aromatic carbocycles. The zero-order chi connectivity index (χ0) is 27.1. The van der Waals surface area contributed by atoms with Crippen molar-refractivity contribution in [2.24, 2.45) is 0 Å². The van der Waals surface area contributed by atoms with E-state index in [4.69, 9.17) is 0 Å². The first-order chi connectivity index (χ1) is 16.5. The van der Waals surface area contributed by atoms with Gasteiger partial charge in [-0.1, -0.05) is 142 Å². The lowest BCUT2D eigenvalue weighted by Crippen LogP contribution is -2.30. The minimum Gasteiger partial charge on any atom is -0.0634 e. The summed E-state index contributed by atoms with van der Waals surface area (Å²) >= 11 is 0. The van der Waals surface area contributed by atoms with Gasteiger partial charge in [0.2, 0.25) is 0 Å². The molecular formula is C34H46P2. The predicted molar refractivity (Wildman–Crippen MR) is 168 cm³/mol. The van der Waals surface area contributed by atoms with Crippen molar-refractivity contribution in [3.8, 4) is 0 Å². The summed E-state index contributed by atoms with van der Waals surface area (Å²) in [6, 6.07) is 23.5. The molecule has 0 spiro atoms. The van der Waals surface area contributed by atoms with E-state index in [1.54, 1.807) is 0 Å². The summed E-state index contributed by atoms with van der Waals surface area (Å²) in [5.41, 5.74) is 7.30. The lowest BCUT2D eigenvalue weighted by Gasteiger charge is -2.33. The zero-order valence-electron chi connectivity index (χ0n) is 24.7. The summed E-state index contributed by atoms with van der Waals surface area (Å²) in [5, 5.41) is 5.92. The molecule has 0 aliphatic heterocycles. The normalized spacial score (nSPS) is 13.4. The van der Waals surface area contributed by atoms with Crippen LogP contribution in [-0.4, -0.2) is 5.03 Å². The predicted octanol–water partition coefficient (Wildman–Crippen LogP) is 9.05. The number of hydrogen-bond acceptors (Lipinski definition) is 0. The molecule has 0 N–H and O–H groups in total. The molecule has 0 saturated carbocycles. The Morgan fingerprint density at radius 3 is 1.25 bits per heavy atom. The summed E-state index contributed by atoms with van der Waals surface area (Å²) in [7, 11) is 0.765. The topological polar surface area (TPSA) is 0 Å².